The molecule has 0 bridgehead atoms. The molecule has 0 aliphatic heterocycles. The van der Waals surface area contributed by atoms with Crippen molar-refractivity contribution in [3.63, 3.8) is 0 Å². The van der Waals surface area contributed by atoms with Crippen molar-refractivity contribution in [2.24, 2.45) is 5.73 Å². The van der Waals surface area contributed by atoms with Crippen molar-refractivity contribution >= 4 is 19.0 Å². The van der Waals surface area contributed by atoms with E-state index in [9.17, 15) is 9.46 Å². The van der Waals surface area contributed by atoms with Crippen LogP contribution in [0.15, 0.2) is 24.3 Å². The van der Waals surface area contributed by atoms with Crippen LogP contribution < -0.4 is 5.73 Å². The maximum absolute atomic E-state index is 11.3. The van der Waals surface area contributed by atoms with Crippen molar-refractivity contribution in [2.45, 2.75) is 5.92 Å². The van der Waals surface area contributed by atoms with E-state index in [1.807, 2.05) is 12.1 Å². The minimum atomic E-state index is -3.03. The Bertz CT molecular complexity index is 360. The molecule has 0 aromatic heterocycles. The van der Waals surface area contributed by atoms with E-state index in [4.69, 9.17) is 17.3 Å². The van der Waals surface area contributed by atoms with Gasteiger partial charge in [-0.25, -0.2) is 0 Å². The first-order valence-electron chi connectivity index (χ1n) is 4.67. The second-order valence-electron chi connectivity index (χ2n) is 3.72. The van der Waals surface area contributed by atoms with E-state index in [0.29, 0.717) is 11.6 Å². The average molecular weight is 248 g/mol. The molecule has 84 valence electrons. The summed E-state index contributed by atoms with van der Waals surface area (Å²) in [6, 6.07) is 7.21. The molecule has 2 unspecified atom stereocenters. The van der Waals surface area contributed by atoms with Crippen LogP contribution in [0.3, 0.4) is 0 Å². The monoisotopic (exact) mass is 247 g/mol. The van der Waals surface area contributed by atoms with Crippen LogP contribution in [0.1, 0.15) is 11.5 Å². The van der Waals surface area contributed by atoms with E-state index < -0.39 is 7.37 Å². The zero-order chi connectivity index (χ0) is 11.5. The van der Waals surface area contributed by atoms with Gasteiger partial charge < -0.3 is 10.6 Å². The topological polar surface area (TPSA) is 63.3 Å². The number of halogens is 1. The summed E-state index contributed by atoms with van der Waals surface area (Å²) in [6.07, 6.45) is 0.213. The zero-order valence-electron chi connectivity index (χ0n) is 8.56. The van der Waals surface area contributed by atoms with Crippen LogP contribution in [-0.2, 0) is 4.57 Å². The summed E-state index contributed by atoms with van der Waals surface area (Å²) in [5, 5.41) is 0.651. The van der Waals surface area contributed by atoms with E-state index in [-0.39, 0.29) is 12.1 Å². The highest BCUT2D eigenvalue weighted by molar-refractivity contribution is 7.57. The van der Waals surface area contributed by atoms with Gasteiger partial charge in [-0.15, -0.1) is 0 Å². The Hall–Kier alpha value is -0.340. The summed E-state index contributed by atoms with van der Waals surface area (Å²) in [4.78, 5) is 9.31. The Labute approximate surface area is 94.7 Å². The van der Waals surface area contributed by atoms with Gasteiger partial charge in [-0.1, -0.05) is 23.7 Å². The highest BCUT2D eigenvalue weighted by Gasteiger charge is 2.19. The molecule has 0 aliphatic carbocycles. The lowest BCUT2D eigenvalue weighted by Crippen LogP contribution is -2.16. The molecule has 0 radical (unpaired) electrons. The molecule has 0 saturated carbocycles. The smallest absolute Gasteiger partial charge is 0.198 e. The lowest BCUT2D eigenvalue weighted by Gasteiger charge is -2.16. The summed E-state index contributed by atoms with van der Waals surface area (Å²) in [6.45, 7) is 1.71. The second-order valence-corrected chi connectivity index (χ2v) is 6.62. The van der Waals surface area contributed by atoms with Gasteiger partial charge in [-0.3, -0.25) is 4.57 Å². The molecule has 1 rings (SSSR count). The van der Waals surface area contributed by atoms with Gasteiger partial charge in [0.2, 0.25) is 0 Å². The van der Waals surface area contributed by atoms with Crippen molar-refractivity contribution < 1.29 is 9.46 Å². The molecule has 15 heavy (non-hydrogen) atoms. The summed E-state index contributed by atoms with van der Waals surface area (Å²) >= 11 is 5.76. The Morgan fingerprint density at radius 1 is 1.47 bits per heavy atom. The highest BCUT2D eigenvalue weighted by atomic mass is 35.5. The third-order valence-corrected chi connectivity index (χ3v) is 3.56. The Balaban J connectivity index is 2.83. The standard InChI is InChI=1S/C10H15ClNO2P/c1-15(13,14)7-9(6-12)8-2-4-10(11)5-3-8/h2-5,9H,6-7,12H2,1H3,(H,13,14). The molecule has 0 heterocycles. The van der Waals surface area contributed by atoms with E-state index in [1.165, 1.54) is 6.66 Å². The largest absolute Gasteiger partial charge is 0.344 e. The number of hydrogen-bond donors (Lipinski definition) is 2. The lowest BCUT2D eigenvalue weighted by molar-refractivity contribution is 0.479. The first-order valence-corrected chi connectivity index (χ1v) is 7.34. The Morgan fingerprint density at radius 3 is 2.40 bits per heavy atom. The van der Waals surface area contributed by atoms with Gasteiger partial charge >= 0.3 is 0 Å². The minimum absolute atomic E-state index is 0.0805. The maximum Gasteiger partial charge on any atom is 0.198 e. The molecule has 0 spiro atoms. The summed E-state index contributed by atoms with van der Waals surface area (Å²) in [5.74, 6) is -0.0805. The van der Waals surface area contributed by atoms with Gasteiger partial charge in [-0.05, 0) is 24.2 Å². The average Bonchev–Trinajstić information content (AvgIpc) is 2.14. The SMILES string of the molecule is CP(=O)(O)CC(CN)c1ccc(Cl)cc1. The number of rotatable bonds is 4. The number of benzene rings is 1. The molecule has 1 aromatic rings. The highest BCUT2D eigenvalue weighted by Crippen LogP contribution is 2.40. The van der Waals surface area contributed by atoms with Gasteiger partial charge in [0.25, 0.3) is 0 Å². The summed E-state index contributed by atoms with van der Waals surface area (Å²) in [5.41, 5.74) is 6.54. The van der Waals surface area contributed by atoms with Crippen LogP contribution in [0.2, 0.25) is 5.02 Å². The fraction of sp³-hybridized carbons (Fsp3) is 0.400. The Kier molecular flexibility index (Phi) is 4.35. The molecule has 2 atom stereocenters. The van der Waals surface area contributed by atoms with Crippen LogP contribution >= 0.6 is 19.0 Å². The van der Waals surface area contributed by atoms with Crippen LogP contribution in [0.5, 0.6) is 0 Å². The summed E-state index contributed by atoms with van der Waals surface area (Å²) in [7, 11) is -3.03. The van der Waals surface area contributed by atoms with Crippen molar-refractivity contribution in [1.82, 2.24) is 0 Å². The van der Waals surface area contributed by atoms with Crippen molar-refractivity contribution in [3.8, 4) is 0 Å². The molecule has 0 saturated heterocycles. The van der Waals surface area contributed by atoms with Gasteiger partial charge in [0.1, 0.15) is 0 Å². The van der Waals surface area contributed by atoms with E-state index in [1.54, 1.807) is 12.1 Å². The van der Waals surface area contributed by atoms with E-state index in [0.717, 1.165) is 5.56 Å². The number of nitrogens with two attached hydrogens (primary N) is 1. The minimum Gasteiger partial charge on any atom is -0.344 e. The van der Waals surface area contributed by atoms with Crippen LogP contribution in [0, 0.1) is 0 Å². The molecule has 0 aliphatic rings. The van der Waals surface area contributed by atoms with E-state index in [2.05, 4.69) is 0 Å². The van der Waals surface area contributed by atoms with Crippen LogP contribution in [0.25, 0.3) is 0 Å². The molecular weight excluding hydrogens is 233 g/mol. The summed E-state index contributed by atoms with van der Waals surface area (Å²) < 4.78 is 11.3. The van der Waals surface area contributed by atoms with Gasteiger partial charge in [0, 0.05) is 23.8 Å². The molecule has 0 amide bonds. The maximum atomic E-state index is 11.3. The third-order valence-electron chi connectivity index (χ3n) is 2.19. The molecule has 1 aromatic carbocycles. The molecule has 3 nitrogen and oxygen atoms in total. The fourth-order valence-electron chi connectivity index (χ4n) is 1.46. The fourth-order valence-corrected chi connectivity index (χ4v) is 2.76. The van der Waals surface area contributed by atoms with E-state index >= 15 is 0 Å². The van der Waals surface area contributed by atoms with Crippen molar-refractivity contribution in [2.75, 3.05) is 19.4 Å². The molecular formula is C10H15ClNO2P. The van der Waals surface area contributed by atoms with Crippen LogP contribution in [-0.4, -0.2) is 24.3 Å². The molecule has 5 heteroatoms. The first kappa shape index (κ1) is 12.7. The lowest BCUT2D eigenvalue weighted by atomic mass is 10.0. The first-order chi connectivity index (χ1) is 6.92. The predicted octanol–water partition coefficient (Wildman–Crippen LogP) is 2.28. The number of hydrogen-bond acceptors (Lipinski definition) is 2. The van der Waals surface area contributed by atoms with Crippen molar-refractivity contribution in [1.29, 1.82) is 0 Å². The van der Waals surface area contributed by atoms with Gasteiger partial charge in [0.05, 0.1) is 0 Å². The van der Waals surface area contributed by atoms with Gasteiger partial charge in [-0.2, -0.15) is 0 Å². The third kappa shape index (κ3) is 4.35. The van der Waals surface area contributed by atoms with Gasteiger partial charge in [0.15, 0.2) is 7.37 Å². The van der Waals surface area contributed by atoms with Crippen molar-refractivity contribution in [3.05, 3.63) is 34.9 Å². The Morgan fingerprint density at radius 2 is 2.00 bits per heavy atom. The quantitative estimate of drug-likeness (QED) is 0.803. The van der Waals surface area contributed by atoms with Crippen LogP contribution in [0.4, 0.5) is 0 Å². The molecule has 0 fully saturated rings. The normalized spacial score (nSPS) is 17.1. The predicted molar refractivity (Wildman–Crippen MR) is 63.9 cm³/mol. The molecule has 3 N–H and O–H groups in total. The zero-order valence-corrected chi connectivity index (χ0v) is 10.2. The second kappa shape index (κ2) is 5.13.